The van der Waals surface area contributed by atoms with E-state index in [4.69, 9.17) is 5.26 Å². The van der Waals surface area contributed by atoms with Crippen LogP contribution in [-0.4, -0.2) is 9.78 Å². The zero-order valence-corrected chi connectivity index (χ0v) is 10.5. The minimum absolute atomic E-state index is 0.374. The first-order chi connectivity index (χ1) is 8.24. The number of nitriles is 1. The molecule has 0 unspecified atom stereocenters. The summed E-state index contributed by atoms with van der Waals surface area (Å²) in [6, 6.07) is 2.19. The van der Waals surface area contributed by atoms with Gasteiger partial charge in [-0.3, -0.25) is 4.68 Å². The minimum Gasteiger partial charge on any atom is -0.272 e. The maximum absolute atomic E-state index is 12.3. The molecule has 0 spiro atoms. The van der Waals surface area contributed by atoms with Crippen molar-refractivity contribution in [1.29, 1.82) is 5.26 Å². The molecule has 0 radical (unpaired) electrons. The fourth-order valence-electron chi connectivity index (χ4n) is 1.53. The molecule has 18 heavy (non-hydrogen) atoms. The maximum atomic E-state index is 12.3. The molecule has 1 aromatic rings. The molecule has 0 saturated carbocycles. The van der Waals surface area contributed by atoms with Crippen molar-refractivity contribution in [3.8, 4) is 6.07 Å². The summed E-state index contributed by atoms with van der Waals surface area (Å²) >= 11 is 0. The highest BCUT2D eigenvalue weighted by Crippen LogP contribution is 2.28. The average molecular weight is 259 g/mol. The number of unbranched alkanes of at least 4 members (excludes halogenated alkanes) is 1. The average Bonchev–Trinajstić information content (AvgIpc) is 2.73. The lowest BCUT2D eigenvalue weighted by Gasteiger charge is -2.14. The van der Waals surface area contributed by atoms with Crippen molar-refractivity contribution in [2.24, 2.45) is 5.41 Å². The first-order valence-electron chi connectivity index (χ1n) is 5.75. The Kier molecular flexibility index (Phi) is 4.38. The van der Waals surface area contributed by atoms with Gasteiger partial charge in [-0.25, -0.2) is 0 Å². The highest BCUT2D eigenvalue weighted by atomic mass is 19.4. The summed E-state index contributed by atoms with van der Waals surface area (Å²) in [6.07, 6.45) is -0.252. The SMILES string of the molecule is CC(C)(C#N)CCCCn1cc(C(F)(F)F)cn1. The van der Waals surface area contributed by atoms with Gasteiger partial charge in [0.1, 0.15) is 0 Å². The Morgan fingerprint density at radius 3 is 2.50 bits per heavy atom. The fourth-order valence-corrected chi connectivity index (χ4v) is 1.53. The number of rotatable bonds is 5. The quantitative estimate of drug-likeness (QED) is 0.758. The zero-order chi connectivity index (χ0) is 13.8. The smallest absolute Gasteiger partial charge is 0.272 e. The second-order valence-electron chi connectivity index (χ2n) is 4.94. The van der Waals surface area contributed by atoms with E-state index in [2.05, 4.69) is 11.2 Å². The lowest BCUT2D eigenvalue weighted by Crippen LogP contribution is -2.08. The van der Waals surface area contributed by atoms with Crippen LogP contribution in [0.4, 0.5) is 13.2 Å². The predicted molar refractivity (Wildman–Crippen MR) is 60.5 cm³/mol. The van der Waals surface area contributed by atoms with Crippen molar-refractivity contribution in [2.75, 3.05) is 0 Å². The Bertz CT molecular complexity index is 427. The molecule has 0 bridgehead atoms. The summed E-state index contributed by atoms with van der Waals surface area (Å²) in [4.78, 5) is 0. The molecule has 0 atom stereocenters. The van der Waals surface area contributed by atoms with Crippen LogP contribution in [-0.2, 0) is 12.7 Å². The molecule has 0 aliphatic carbocycles. The Morgan fingerprint density at radius 1 is 1.33 bits per heavy atom. The summed E-state index contributed by atoms with van der Waals surface area (Å²) in [6.45, 7) is 4.14. The van der Waals surface area contributed by atoms with Gasteiger partial charge in [-0.15, -0.1) is 0 Å². The third kappa shape index (κ3) is 4.40. The topological polar surface area (TPSA) is 41.6 Å². The van der Waals surface area contributed by atoms with Crippen LogP contribution in [0.5, 0.6) is 0 Å². The molecular formula is C12H16F3N3. The monoisotopic (exact) mass is 259 g/mol. The standard InChI is InChI=1S/C12H16F3N3/c1-11(2,9-16)5-3-4-6-18-8-10(7-17-18)12(13,14)15/h7-8H,3-6H2,1-2H3. The summed E-state index contributed by atoms with van der Waals surface area (Å²) < 4.78 is 38.2. The molecule has 0 aromatic carbocycles. The summed E-state index contributed by atoms with van der Waals surface area (Å²) in [5, 5.41) is 12.5. The largest absolute Gasteiger partial charge is 0.419 e. The highest BCUT2D eigenvalue weighted by molar-refractivity contribution is 5.08. The minimum atomic E-state index is -4.33. The van der Waals surface area contributed by atoms with Crippen LogP contribution in [0.3, 0.4) is 0 Å². The van der Waals surface area contributed by atoms with Crippen LogP contribution in [0, 0.1) is 16.7 Å². The van der Waals surface area contributed by atoms with Crippen LogP contribution in [0.1, 0.15) is 38.7 Å². The van der Waals surface area contributed by atoms with Crippen LogP contribution in [0.2, 0.25) is 0 Å². The first kappa shape index (κ1) is 14.6. The second kappa shape index (κ2) is 5.42. The van der Waals surface area contributed by atoms with E-state index < -0.39 is 11.7 Å². The first-order valence-corrected chi connectivity index (χ1v) is 5.75. The van der Waals surface area contributed by atoms with Crippen molar-refractivity contribution < 1.29 is 13.2 Å². The van der Waals surface area contributed by atoms with Gasteiger partial charge in [0.25, 0.3) is 0 Å². The molecule has 3 nitrogen and oxygen atoms in total. The molecule has 100 valence electrons. The fraction of sp³-hybridized carbons (Fsp3) is 0.667. The van der Waals surface area contributed by atoms with Crippen molar-refractivity contribution in [3.63, 3.8) is 0 Å². The van der Waals surface area contributed by atoms with Crippen LogP contribution in [0.15, 0.2) is 12.4 Å². The number of aromatic nitrogens is 2. The van der Waals surface area contributed by atoms with E-state index in [0.717, 1.165) is 25.2 Å². The van der Waals surface area contributed by atoms with E-state index in [-0.39, 0.29) is 5.41 Å². The highest BCUT2D eigenvalue weighted by Gasteiger charge is 2.32. The predicted octanol–water partition coefficient (Wildman–Crippen LogP) is 3.62. The molecule has 1 rings (SSSR count). The molecule has 1 aromatic heterocycles. The molecule has 0 fully saturated rings. The Labute approximate surface area is 104 Å². The molecular weight excluding hydrogens is 243 g/mol. The normalized spacial score (nSPS) is 12.4. The Hall–Kier alpha value is -1.51. The number of halogens is 3. The van der Waals surface area contributed by atoms with E-state index in [1.54, 1.807) is 0 Å². The summed E-state index contributed by atoms with van der Waals surface area (Å²) in [5.41, 5.74) is -1.10. The van der Waals surface area contributed by atoms with Gasteiger partial charge in [-0.05, 0) is 26.7 Å². The molecule has 0 N–H and O–H groups in total. The van der Waals surface area contributed by atoms with Gasteiger partial charge in [0, 0.05) is 12.7 Å². The van der Waals surface area contributed by atoms with Crippen molar-refractivity contribution in [2.45, 2.75) is 45.8 Å². The third-order valence-electron chi connectivity index (χ3n) is 2.70. The molecule has 0 saturated heterocycles. The van der Waals surface area contributed by atoms with Crippen molar-refractivity contribution in [1.82, 2.24) is 9.78 Å². The summed E-state index contributed by atoms with van der Waals surface area (Å²) in [5.74, 6) is 0. The van der Waals surface area contributed by atoms with Crippen LogP contribution in [0.25, 0.3) is 0 Å². The number of hydrogen-bond acceptors (Lipinski definition) is 2. The number of alkyl halides is 3. The van der Waals surface area contributed by atoms with E-state index in [1.807, 2.05) is 13.8 Å². The lowest BCUT2D eigenvalue weighted by atomic mass is 9.89. The van der Waals surface area contributed by atoms with E-state index in [9.17, 15) is 13.2 Å². The van der Waals surface area contributed by atoms with Crippen molar-refractivity contribution in [3.05, 3.63) is 18.0 Å². The number of aryl methyl sites for hydroxylation is 1. The van der Waals surface area contributed by atoms with E-state index in [0.29, 0.717) is 13.0 Å². The van der Waals surface area contributed by atoms with Gasteiger partial charge in [0.15, 0.2) is 0 Å². The Morgan fingerprint density at radius 2 is 2.00 bits per heavy atom. The second-order valence-corrected chi connectivity index (χ2v) is 4.94. The molecule has 0 aliphatic heterocycles. The number of hydrogen-bond donors (Lipinski definition) is 0. The van der Waals surface area contributed by atoms with E-state index in [1.165, 1.54) is 4.68 Å². The molecule has 6 heteroatoms. The lowest BCUT2D eigenvalue weighted by molar-refractivity contribution is -0.137. The Balaban J connectivity index is 2.37. The third-order valence-corrected chi connectivity index (χ3v) is 2.70. The van der Waals surface area contributed by atoms with Gasteiger partial charge in [-0.2, -0.15) is 23.5 Å². The number of nitrogens with zero attached hydrogens (tertiary/aromatic N) is 3. The summed E-state index contributed by atoms with van der Waals surface area (Å²) in [7, 11) is 0. The van der Waals surface area contributed by atoms with Crippen molar-refractivity contribution >= 4 is 0 Å². The van der Waals surface area contributed by atoms with Gasteiger partial charge in [0.05, 0.1) is 23.2 Å². The van der Waals surface area contributed by atoms with Gasteiger partial charge < -0.3 is 0 Å². The van der Waals surface area contributed by atoms with Gasteiger partial charge in [-0.1, -0.05) is 6.42 Å². The molecule has 0 aliphatic rings. The van der Waals surface area contributed by atoms with E-state index >= 15 is 0 Å². The zero-order valence-electron chi connectivity index (χ0n) is 10.5. The van der Waals surface area contributed by atoms with Crippen LogP contribution < -0.4 is 0 Å². The maximum Gasteiger partial charge on any atom is 0.419 e. The van der Waals surface area contributed by atoms with Gasteiger partial charge in [0.2, 0.25) is 0 Å². The van der Waals surface area contributed by atoms with Crippen LogP contribution >= 0.6 is 0 Å². The molecule has 1 heterocycles. The van der Waals surface area contributed by atoms with Gasteiger partial charge >= 0.3 is 6.18 Å². The molecule has 0 amide bonds.